The van der Waals surface area contributed by atoms with Crippen molar-refractivity contribution in [3.05, 3.63) is 59.7 Å². The molecular formula is C20H26N2O2. The first kappa shape index (κ1) is 18.0. The molecule has 0 bridgehead atoms. The Balaban J connectivity index is 1.99. The minimum absolute atomic E-state index is 0.0444. The Morgan fingerprint density at radius 1 is 1.12 bits per heavy atom. The highest BCUT2D eigenvalue weighted by Gasteiger charge is 2.17. The molecule has 2 N–H and O–H groups in total. The van der Waals surface area contributed by atoms with Crippen LogP contribution < -0.4 is 5.32 Å². The Kier molecular flexibility index (Phi) is 5.62. The van der Waals surface area contributed by atoms with E-state index in [0.29, 0.717) is 12.2 Å². The molecule has 2 aromatic carbocycles. The van der Waals surface area contributed by atoms with Gasteiger partial charge in [-0.1, -0.05) is 57.2 Å². The summed E-state index contributed by atoms with van der Waals surface area (Å²) in [6.07, 6.45) is 0. The lowest BCUT2D eigenvalue weighted by atomic mass is 9.87. The number of likely N-dealkylation sites (N-methyl/N-ethyl adjacent to an activating group) is 1. The van der Waals surface area contributed by atoms with Gasteiger partial charge in [0.2, 0.25) is 5.91 Å². The fourth-order valence-electron chi connectivity index (χ4n) is 2.49. The molecule has 4 heteroatoms. The average Bonchev–Trinajstić information content (AvgIpc) is 2.49. The maximum absolute atomic E-state index is 12.3. The second-order valence-electron chi connectivity index (χ2n) is 7.19. The zero-order valence-corrected chi connectivity index (χ0v) is 14.8. The Labute approximate surface area is 144 Å². The van der Waals surface area contributed by atoms with Gasteiger partial charge < -0.3 is 10.4 Å². The van der Waals surface area contributed by atoms with E-state index in [-0.39, 0.29) is 23.6 Å². The van der Waals surface area contributed by atoms with Gasteiger partial charge in [-0.15, -0.1) is 0 Å². The van der Waals surface area contributed by atoms with Crippen molar-refractivity contribution in [2.75, 3.05) is 18.9 Å². The maximum Gasteiger partial charge on any atom is 0.238 e. The number of amides is 1. The second kappa shape index (κ2) is 7.49. The summed E-state index contributed by atoms with van der Waals surface area (Å²) < 4.78 is 0. The van der Waals surface area contributed by atoms with Crippen molar-refractivity contribution in [2.24, 2.45) is 0 Å². The summed E-state index contributed by atoms with van der Waals surface area (Å²) in [4.78, 5) is 14.2. The van der Waals surface area contributed by atoms with Crippen LogP contribution in [0.25, 0.3) is 0 Å². The highest BCUT2D eigenvalue weighted by Crippen LogP contribution is 2.30. The fourth-order valence-corrected chi connectivity index (χ4v) is 2.49. The van der Waals surface area contributed by atoms with Gasteiger partial charge in [0.05, 0.1) is 12.2 Å². The number of rotatable bonds is 5. The number of nitrogens with one attached hydrogen (secondary N) is 1. The van der Waals surface area contributed by atoms with Gasteiger partial charge >= 0.3 is 0 Å². The van der Waals surface area contributed by atoms with Crippen LogP contribution in [-0.4, -0.2) is 29.5 Å². The first-order valence-electron chi connectivity index (χ1n) is 8.11. The van der Waals surface area contributed by atoms with Crippen LogP contribution in [-0.2, 0) is 16.8 Å². The molecule has 4 nitrogen and oxygen atoms in total. The lowest BCUT2D eigenvalue weighted by molar-refractivity contribution is -0.117. The van der Waals surface area contributed by atoms with Gasteiger partial charge in [0, 0.05) is 6.54 Å². The van der Waals surface area contributed by atoms with Crippen molar-refractivity contribution in [1.82, 2.24) is 4.90 Å². The standard InChI is InChI=1S/C20H26N2O2/c1-20(2,3)16-10-11-18(23)17(12-16)21-19(24)14-22(4)13-15-8-6-5-7-9-15/h5-12,23H,13-14H2,1-4H3,(H,21,24). The molecule has 0 atom stereocenters. The quantitative estimate of drug-likeness (QED) is 0.823. The number of nitrogens with zero attached hydrogens (tertiary/aromatic N) is 1. The van der Waals surface area contributed by atoms with Crippen molar-refractivity contribution in [1.29, 1.82) is 0 Å². The maximum atomic E-state index is 12.3. The van der Waals surface area contributed by atoms with Crippen LogP contribution in [0.15, 0.2) is 48.5 Å². The number of hydrogen-bond donors (Lipinski definition) is 2. The Morgan fingerprint density at radius 2 is 1.79 bits per heavy atom. The van der Waals surface area contributed by atoms with Crippen LogP contribution in [0.5, 0.6) is 5.75 Å². The van der Waals surface area contributed by atoms with Crippen LogP contribution in [0, 0.1) is 0 Å². The van der Waals surface area contributed by atoms with Crippen molar-refractivity contribution < 1.29 is 9.90 Å². The number of anilines is 1. The summed E-state index contributed by atoms with van der Waals surface area (Å²) in [5, 5.41) is 12.8. The molecule has 0 aliphatic rings. The molecule has 0 spiro atoms. The highest BCUT2D eigenvalue weighted by atomic mass is 16.3. The van der Waals surface area contributed by atoms with Crippen molar-refractivity contribution in [3.63, 3.8) is 0 Å². The molecule has 0 radical (unpaired) electrons. The number of hydrogen-bond acceptors (Lipinski definition) is 3. The SMILES string of the molecule is CN(CC(=O)Nc1cc(C(C)(C)C)ccc1O)Cc1ccccc1. The third kappa shape index (κ3) is 5.10. The van der Waals surface area contributed by atoms with Crippen LogP contribution in [0.4, 0.5) is 5.69 Å². The first-order chi connectivity index (χ1) is 11.3. The minimum Gasteiger partial charge on any atom is -0.506 e. The fraction of sp³-hybridized carbons (Fsp3) is 0.350. The van der Waals surface area contributed by atoms with Gasteiger partial charge in [0.25, 0.3) is 0 Å². The molecular weight excluding hydrogens is 300 g/mol. The summed E-state index contributed by atoms with van der Waals surface area (Å²) >= 11 is 0. The number of carbonyl (C=O) groups is 1. The van der Waals surface area contributed by atoms with Crippen LogP contribution in [0.2, 0.25) is 0 Å². The van der Waals surface area contributed by atoms with E-state index >= 15 is 0 Å². The summed E-state index contributed by atoms with van der Waals surface area (Å²) in [5.41, 5.74) is 2.64. The molecule has 2 aromatic rings. The Hall–Kier alpha value is -2.33. The molecule has 0 heterocycles. The average molecular weight is 326 g/mol. The molecule has 128 valence electrons. The molecule has 0 aliphatic carbocycles. The number of phenolic OH excluding ortho intramolecular Hbond substituents is 1. The van der Waals surface area contributed by atoms with E-state index in [1.54, 1.807) is 6.07 Å². The highest BCUT2D eigenvalue weighted by molar-refractivity contribution is 5.93. The van der Waals surface area contributed by atoms with Crippen LogP contribution in [0.1, 0.15) is 31.9 Å². The zero-order valence-electron chi connectivity index (χ0n) is 14.8. The van der Waals surface area contributed by atoms with E-state index in [4.69, 9.17) is 0 Å². The summed E-state index contributed by atoms with van der Waals surface area (Å²) in [6.45, 7) is 7.24. The number of aromatic hydroxyl groups is 1. The first-order valence-corrected chi connectivity index (χ1v) is 8.11. The van der Waals surface area contributed by atoms with Crippen molar-refractivity contribution >= 4 is 11.6 Å². The monoisotopic (exact) mass is 326 g/mol. The number of phenols is 1. The molecule has 1 amide bonds. The molecule has 24 heavy (non-hydrogen) atoms. The topological polar surface area (TPSA) is 52.6 Å². The van der Waals surface area contributed by atoms with Crippen LogP contribution >= 0.6 is 0 Å². The van der Waals surface area contributed by atoms with Gasteiger partial charge in [0.15, 0.2) is 0 Å². The van der Waals surface area contributed by atoms with Gasteiger partial charge in [0.1, 0.15) is 5.75 Å². The van der Waals surface area contributed by atoms with E-state index in [9.17, 15) is 9.90 Å². The Morgan fingerprint density at radius 3 is 2.42 bits per heavy atom. The van der Waals surface area contributed by atoms with Gasteiger partial charge in [-0.2, -0.15) is 0 Å². The molecule has 0 unspecified atom stereocenters. The zero-order chi connectivity index (χ0) is 17.7. The van der Waals surface area contributed by atoms with E-state index in [2.05, 4.69) is 26.1 Å². The number of carbonyl (C=O) groups excluding carboxylic acids is 1. The van der Waals surface area contributed by atoms with Gasteiger partial charge in [-0.25, -0.2) is 0 Å². The lowest BCUT2D eigenvalue weighted by Gasteiger charge is -2.21. The minimum atomic E-state index is -0.144. The van der Waals surface area contributed by atoms with E-state index in [1.165, 1.54) is 0 Å². The van der Waals surface area contributed by atoms with Crippen molar-refractivity contribution in [2.45, 2.75) is 32.7 Å². The van der Waals surface area contributed by atoms with E-state index in [1.807, 2.05) is 54.4 Å². The largest absolute Gasteiger partial charge is 0.506 e. The second-order valence-corrected chi connectivity index (χ2v) is 7.19. The molecule has 0 saturated carbocycles. The molecule has 0 aromatic heterocycles. The van der Waals surface area contributed by atoms with E-state index in [0.717, 1.165) is 11.1 Å². The normalized spacial score (nSPS) is 11.5. The smallest absolute Gasteiger partial charge is 0.238 e. The predicted octanol–water partition coefficient (Wildman–Crippen LogP) is 3.76. The third-order valence-electron chi connectivity index (χ3n) is 3.85. The molecule has 0 aliphatic heterocycles. The number of benzene rings is 2. The third-order valence-corrected chi connectivity index (χ3v) is 3.85. The van der Waals surface area contributed by atoms with Crippen LogP contribution in [0.3, 0.4) is 0 Å². The van der Waals surface area contributed by atoms with Crippen molar-refractivity contribution in [3.8, 4) is 5.75 Å². The summed E-state index contributed by atoms with van der Waals surface area (Å²) in [7, 11) is 1.90. The Bertz CT molecular complexity index is 691. The van der Waals surface area contributed by atoms with Gasteiger partial charge in [-0.3, -0.25) is 9.69 Å². The summed E-state index contributed by atoms with van der Waals surface area (Å²) in [6, 6.07) is 15.4. The van der Waals surface area contributed by atoms with Gasteiger partial charge in [-0.05, 0) is 35.7 Å². The lowest BCUT2D eigenvalue weighted by Crippen LogP contribution is -2.30. The summed E-state index contributed by atoms with van der Waals surface area (Å²) in [5.74, 6) is -0.0585. The molecule has 0 fully saturated rings. The van der Waals surface area contributed by atoms with E-state index < -0.39 is 0 Å². The molecule has 0 saturated heterocycles. The predicted molar refractivity (Wildman–Crippen MR) is 98.2 cm³/mol. The molecule has 2 rings (SSSR count).